The number of esters is 1. The molecule has 3 nitrogen and oxygen atoms in total. The third kappa shape index (κ3) is 4.58. The first-order valence-corrected chi connectivity index (χ1v) is 13.9. The van der Waals surface area contributed by atoms with Crippen molar-refractivity contribution < 1.29 is 9.53 Å². The molecule has 0 bridgehead atoms. The zero-order valence-corrected chi connectivity index (χ0v) is 23.4. The summed E-state index contributed by atoms with van der Waals surface area (Å²) in [7, 11) is 0. The molecule has 0 radical (unpaired) electrons. The summed E-state index contributed by atoms with van der Waals surface area (Å²) in [6.45, 7) is 8.80. The zero-order valence-electron chi connectivity index (χ0n) is 23.4. The molecule has 40 heavy (non-hydrogen) atoms. The Morgan fingerprint density at radius 1 is 0.700 bits per heavy atom. The number of nitrogens with zero attached hydrogens (tertiary/aromatic N) is 1. The van der Waals surface area contributed by atoms with Crippen LogP contribution in [0.15, 0.2) is 115 Å². The van der Waals surface area contributed by atoms with Crippen LogP contribution in [0.2, 0.25) is 0 Å². The Morgan fingerprint density at radius 2 is 1.30 bits per heavy atom. The monoisotopic (exact) mass is 523 g/mol. The van der Waals surface area contributed by atoms with Crippen LogP contribution in [0.3, 0.4) is 0 Å². The summed E-state index contributed by atoms with van der Waals surface area (Å²) in [5, 5.41) is 0. The van der Waals surface area contributed by atoms with E-state index in [4.69, 9.17) is 4.74 Å². The molecule has 5 aromatic carbocycles. The average Bonchev–Trinajstić information content (AvgIpc) is 3.21. The number of aryl methyl sites for hydroxylation is 2. The highest BCUT2D eigenvalue weighted by molar-refractivity contribution is 5.92. The normalized spacial score (nSPS) is 12.9. The molecule has 0 saturated carbocycles. The van der Waals surface area contributed by atoms with E-state index in [1.54, 1.807) is 0 Å². The Kier molecular flexibility index (Phi) is 6.51. The van der Waals surface area contributed by atoms with E-state index in [1.807, 2.05) is 48.5 Å². The molecule has 0 saturated heterocycles. The number of fused-ring (bicyclic) bond motifs is 3. The molecule has 0 N–H and O–H groups in total. The summed E-state index contributed by atoms with van der Waals surface area (Å²) in [4.78, 5) is 15.1. The van der Waals surface area contributed by atoms with Crippen molar-refractivity contribution >= 4 is 23.0 Å². The van der Waals surface area contributed by atoms with E-state index in [0.29, 0.717) is 11.3 Å². The molecule has 0 aliphatic heterocycles. The minimum absolute atomic E-state index is 0.0934. The van der Waals surface area contributed by atoms with Gasteiger partial charge >= 0.3 is 5.97 Å². The number of carbonyl (C=O) groups is 1. The van der Waals surface area contributed by atoms with Gasteiger partial charge in [-0.05, 0) is 102 Å². The van der Waals surface area contributed by atoms with Crippen molar-refractivity contribution in [3.8, 4) is 16.9 Å². The number of hydrogen-bond acceptors (Lipinski definition) is 3. The van der Waals surface area contributed by atoms with E-state index in [2.05, 4.69) is 99.3 Å². The summed E-state index contributed by atoms with van der Waals surface area (Å²) < 4.78 is 5.63. The fourth-order valence-electron chi connectivity index (χ4n) is 5.68. The molecule has 0 atom stereocenters. The maximum Gasteiger partial charge on any atom is 0.343 e. The van der Waals surface area contributed by atoms with Crippen molar-refractivity contribution in [1.82, 2.24) is 0 Å². The minimum Gasteiger partial charge on any atom is -0.423 e. The zero-order chi connectivity index (χ0) is 27.9. The molecule has 0 unspecified atom stereocenters. The maximum atomic E-state index is 12.9. The van der Waals surface area contributed by atoms with E-state index in [1.165, 1.54) is 33.4 Å². The Bertz CT molecular complexity index is 1680. The van der Waals surface area contributed by atoms with E-state index >= 15 is 0 Å². The Balaban J connectivity index is 1.35. The van der Waals surface area contributed by atoms with Crippen LogP contribution in [0.5, 0.6) is 5.75 Å². The standard InChI is InChI=1S/C37H33NO2/c1-5-26-12-21-31(22-13-26)40-36(39)27-14-18-29(19-15-27)38(28-16-10-25(2)11-17-28)30-20-23-33-32-8-6-7-9-34(32)37(3,4)35(33)24-30/h6-24H,5H2,1-4H3. The van der Waals surface area contributed by atoms with E-state index in [-0.39, 0.29) is 11.4 Å². The summed E-state index contributed by atoms with van der Waals surface area (Å²) in [6, 6.07) is 39.3. The average molecular weight is 524 g/mol. The smallest absolute Gasteiger partial charge is 0.343 e. The van der Waals surface area contributed by atoms with Crippen LogP contribution >= 0.6 is 0 Å². The van der Waals surface area contributed by atoms with Gasteiger partial charge in [0.05, 0.1) is 5.56 Å². The summed E-state index contributed by atoms with van der Waals surface area (Å²) in [5.41, 5.74) is 11.2. The van der Waals surface area contributed by atoms with Crippen LogP contribution in [0, 0.1) is 6.92 Å². The van der Waals surface area contributed by atoms with Crippen molar-refractivity contribution in [2.45, 2.75) is 39.5 Å². The molecule has 0 amide bonds. The highest BCUT2D eigenvalue weighted by Crippen LogP contribution is 2.50. The quantitative estimate of drug-likeness (QED) is 0.164. The largest absolute Gasteiger partial charge is 0.423 e. The van der Waals surface area contributed by atoms with Gasteiger partial charge in [-0.15, -0.1) is 0 Å². The topological polar surface area (TPSA) is 29.5 Å². The second-order valence-electron chi connectivity index (χ2n) is 11.0. The summed E-state index contributed by atoms with van der Waals surface area (Å²) in [5.74, 6) is 0.184. The number of hydrogen-bond donors (Lipinski definition) is 0. The lowest BCUT2D eigenvalue weighted by Crippen LogP contribution is -2.16. The number of carbonyl (C=O) groups excluding carboxylic acids is 1. The SMILES string of the molecule is CCc1ccc(OC(=O)c2ccc(N(c3ccc(C)cc3)c3ccc4c(c3)C(C)(C)c3ccccc3-4)cc2)cc1. The molecular weight excluding hydrogens is 490 g/mol. The molecule has 1 aliphatic rings. The molecular formula is C37H33NO2. The van der Waals surface area contributed by atoms with Gasteiger partial charge in [-0.1, -0.05) is 80.9 Å². The van der Waals surface area contributed by atoms with Gasteiger partial charge in [0.2, 0.25) is 0 Å². The van der Waals surface area contributed by atoms with Gasteiger partial charge in [-0.2, -0.15) is 0 Å². The van der Waals surface area contributed by atoms with Crippen LogP contribution < -0.4 is 9.64 Å². The van der Waals surface area contributed by atoms with Crippen molar-refractivity contribution in [3.63, 3.8) is 0 Å². The predicted molar refractivity (Wildman–Crippen MR) is 164 cm³/mol. The molecule has 0 heterocycles. The third-order valence-electron chi connectivity index (χ3n) is 8.02. The molecule has 6 rings (SSSR count). The Labute approximate surface area is 236 Å². The molecule has 198 valence electrons. The molecule has 0 aromatic heterocycles. The highest BCUT2D eigenvalue weighted by Gasteiger charge is 2.35. The molecule has 0 fully saturated rings. The number of ether oxygens (including phenoxy) is 1. The third-order valence-corrected chi connectivity index (χ3v) is 8.02. The Hall–Kier alpha value is -4.63. The van der Waals surface area contributed by atoms with E-state index < -0.39 is 0 Å². The van der Waals surface area contributed by atoms with Crippen LogP contribution in [0.25, 0.3) is 11.1 Å². The summed E-state index contributed by atoms with van der Waals surface area (Å²) in [6.07, 6.45) is 0.946. The lowest BCUT2D eigenvalue weighted by Gasteiger charge is -2.28. The van der Waals surface area contributed by atoms with Crippen LogP contribution in [-0.2, 0) is 11.8 Å². The van der Waals surface area contributed by atoms with Gasteiger partial charge in [0.25, 0.3) is 0 Å². The van der Waals surface area contributed by atoms with Gasteiger partial charge in [0, 0.05) is 22.5 Å². The molecule has 3 heteroatoms. The van der Waals surface area contributed by atoms with Crippen molar-refractivity contribution in [1.29, 1.82) is 0 Å². The lowest BCUT2D eigenvalue weighted by molar-refractivity contribution is 0.0734. The predicted octanol–water partition coefficient (Wildman–Crippen LogP) is 9.55. The second-order valence-corrected chi connectivity index (χ2v) is 11.0. The molecule has 5 aromatic rings. The fourth-order valence-corrected chi connectivity index (χ4v) is 5.68. The highest BCUT2D eigenvalue weighted by atomic mass is 16.5. The number of anilines is 3. The van der Waals surface area contributed by atoms with Crippen molar-refractivity contribution in [2.75, 3.05) is 4.90 Å². The van der Waals surface area contributed by atoms with E-state index in [0.717, 1.165) is 23.5 Å². The molecule has 0 spiro atoms. The second kappa shape index (κ2) is 10.2. The van der Waals surface area contributed by atoms with Gasteiger partial charge in [0.15, 0.2) is 0 Å². The van der Waals surface area contributed by atoms with Crippen LogP contribution in [0.4, 0.5) is 17.1 Å². The molecule has 1 aliphatic carbocycles. The van der Waals surface area contributed by atoms with Crippen molar-refractivity contribution in [3.05, 3.63) is 143 Å². The Morgan fingerprint density at radius 3 is 1.98 bits per heavy atom. The van der Waals surface area contributed by atoms with Crippen LogP contribution in [-0.4, -0.2) is 5.97 Å². The van der Waals surface area contributed by atoms with Gasteiger partial charge in [0.1, 0.15) is 5.75 Å². The lowest BCUT2D eigenvalue weighted by atomic mass is 9.82. The number of benzene rings is 5. The van der Waals surface area contributed by atoms with Gasteiger partial charge in [-0.3, -0.25) is 0 Å². The summed E-state index contributed by atoms with van der Waals surface area (Å²) >= 11 is 0. The first kappa shape index (κ1) is 25.6. The first-order chi connectivity index (χ1) is 19.3. The minimum atomic E-state index is -0.366. The first-order valence-electron chi connectivity index (χ1n) is 13.9. The maximum absolute atomic E-state index is 12.9. The van der Waals surface area contributed by atoms with Gasteiger partial charge in [-0.25, -0.2) is 4.79 Å². The van der Waals surface area contributed by atoms with Crippen LogP contribution in [0.1, 0.15) is 53.4 Å². The van der Waals surface area contributed by atoms with E-state index in [9.17, 15) is 4.79 Å². The van der Waals surface area contributed by atoms with Crippen molar-refractivity contribution in [2.24, 2.45) is 0 Å². The number of rotatable bonds is 6. The fraction of sp³-hybridized carbons (Fsp3) is 0.162. The van der Waals surface area contributed by atoms with Gasteiger partial charge < -0.3 is 9.64 Å².